The van der Waals surface area contributed by atoms with Crippen LogP contribution in [0, 0.1) is 0 Å². The third-order valence-corrected chi connectivity index (χ3v) is 2.99. The van der Waals surface area contributed by atoms with Gasteiger partial charge in [0.2, 0.25) is 5.89 Å². The molecular weight excluding hydrogens is 263 g/mol. The molecule has 2 fully saturated rings. The van der Waals surface area contributed by atoms with E-state index in [1.54, 1.807) is 0 Å². The largest absolute Gasteiger partial charge is 0.339 e. The van der Waals surface area contributed by atoms with Crippen molar-refractivity contribution >= 4 is 24.8 Å². The summed E-state index contributed by atoms with van der Waals surface area (Å²) in [5.41, 5.74) is 0. The molecule has 5 nitrogen and oxygen atoms in total. The molecule has 1 aromatic heterocycles. The van der Waals surface area contributed by atoms with Crippen molar-refractivity contribution in [3.63, 3.8) is 0 Å². The Balaban J connectivity index is 0.000000722. The second-order valence-electron chi connectivity index (χ2n) is 4.35. The van der Waals surface area contributed by atoms with Crippen LogP contribution in [0.15, 0.2) is 4.52 Å². The van der Waals surface area contributed by atoms with Gasteiger partial charge in [0.05, 0.1) is 6.54 Å². The highest BCUT2D eigenvalue weighted by Crippen LogP contribution is 2.38. The third-order valence-electron chi connectivity index (χ3n) is 2.99. The molecule has 98 valence electrons. The van der Waals surface area contributed by atoms with Crippen molar-refractivity contribution in [1.29, 1.82) is 0 Å². The minimum Gasteiger partial charge on any atom is -0.339 e. The zero-order chi connectivity index (χ0) is 10.1. The summed E-state index contributed by atoms with van der Waals surface area (Å²) in [7, 11) is 0. The van der Waals surface area contributed by atoms with E-state index >= 15 is 0 Å². The van der Waals surface area contributed by atoms with Gasteiger partial charge in [0, 0.05) is 32.1 Å². The molecule has 17 heavy (non-hydrogen) atoms. The molecule has 1 saturated carbocycles. The molecule has 0 bridgehead atoms. The summed E-state index contributed by atoms with van der Waals surface area (Å²) in [4.78, 5) is 6.79. The summed E-state index contributed by atoms with van der Waals surface area (Å²) in [6.07, 6.45) is 2.44. The average molecular weight is 281 g/mol. The van der Waals surface area contributed by atoms with Gasteiger partial charge in [-0.05, 0) is 12.8 Å². The lowest BCUT2D eigenvalue weighted by atomic mass is 10.3. The zero-order valence-electron chi connectivity index (χ0n) is 9.59. The van der Waals surface area contributed by atoms with Crippen LogP contribution < -0.4 is 5.32 Å². The highest BCUT2D eigenvalue weighted by molar-refractivity contribution is 5.85. The van der Waals surface area contributed by atoms with E-state index in [-0.39, 0.29) is 24.8 Å². The van der Waals surface area contributed by atoms with Gasteiger partial charge in [0.1, 0.15) is 0 Å². The standard InChI is InChI=1S/C10H16N4O.2ClH/c1-2-8(1)10-12-9(13-15-10)7-14-5-3-11-4-6-14;;/h8,11H,1-7H2;2*1H. The van der Waals surface area contributed by atoms with Crippen molar-refractivity contribution in [1.82, 2.24) is 20.4 Å². The number of aromatic nitrogens is 2. The molecule has 1 saturated heterocycles. The van der Waals surface area contributed by atoms with E-state index in [1.807, 2.05) is 0 Å². The van der Waals surface area contributed by atoms with Gasteiger partial charge in [-0.25, -0.2) is 0 Å². The highest BCUT2D eigenvalue weighted by Gasteiger charge is 2.29. The number of nitrogens with zero attached hydrogens (tertiary/aromatic N) is 3. The Labute approximate surface area is 113 Å². The van der Waals surface area contributed by atoms with Crippen LogP contribution in [0.2, 0.25) is 0 Å². The Bertz CT molecular complexity index is 337. The summed E-state index contributed by atoms with van der Waals surface area (Å²) in [6, 6.07) is 0. The van der Waals surface area contributed by atoms with Gasteiger partial charge in [0.25, 0.3) is 0 Å². The molecule has 0 amide bonds. The van der Waals surface area contributed by atoms with Gasteiger partial charge >= 0.3 is 0 Å². The molecule has 2 aliphatic rings. The van der Waals surface area contributed by atoms with E-state index < -0.39 is 0 Å². The first kappa shape index (κ1) is 14.7. The monoisotopic (exact) mass is 280 g/mol. The third kappa shape index (κ3) is 3.81. The molecule has 1 aromatic rings. The number of hydrogen-bond acceptors (Lipinski definition) is 5. The van der Waals surface area contributed by atoms with Crippen molar-refractivity contribution in [3.05, 3.63) is 11.7 Å². The van der Waals surface area contributed by atoms with Crippen LogP contribution in [0.1, 0.15) is 30.5 Å². The molecule has 0 spiro atoms. The first-order valence-electron chi connectivity index (χ1n) is 5.67. The van der Waals surface area contributed by atoms with Gasteiger partial charge < -0.3 is 9.84 Å². The van der Waals surface area contributed by atoms with Crippen molar-refractivity contribution in [2.24, 2.45) is 0 Å². The lowest BCUT2D eigenvalue weighted by molar-refractivity contribution is 0.224. The van der Waals surface area contributed by atoms with Crippen LogP contribution >= 0.6 is 24.8 Å². The first-order valence-corrected chi connectivity index (χ1v) is 5.67. The summed E-state index contributed by atoms with van der Waals surface area (Å²) in [5.74, 6) is 2.26. The summed E-state index contributed by atoms with van der Waals surface area (Å²) in [5, 5.41) is 7.35. The number of rotatable bonds is 3. The minimum atomic E-state index is 0. The fraction of sp³-hybridized carbons (Fsp3) is 0.800. The second kappa shape index (κ2) is 6.54. The first-order chi connectivity index (χ1) is 7.42. The smallest absolute Gasteiger partial charge is 0.229 e. The van der Waals surface area contributed by atoms with Crippen LogP contribution in [0.5, 0.6) is 0 Å². The summed E-state index contributed by atoms with van der Waals surface area (Å²) in [6.45, 7) is 5.11. The van der Waals surface area contributed by atoms with E-state index in [2.05, 4.69) is 20.4 Å². The fourth-order valence-electron chi connectivity index (χ4n) is 1.90. The maximum Gasteiger partial charge on any atom is 0.229 e. The van der Waals surface area contributed by atoms with Gasteiger partial charge in [-0.3, -0.25) is 4.90 Å². The average Bonchev–Trinajstić information content (AvgIpc) is 3.02. The van der Waals surface area contributed by atoms with Crippen molar-refractivity contribution in [3.8, 4) is 0 Å². The lowest BCUT2D eigenvalue weighted by Gasteiger charge is -2.25. The lowest BCUT2D eigenvalue weighted by Crippen LogP contribution is -2.43. The highest BCUT2D eigenvalue weighted by atomic mass is 35.5. The predicted octanol–water partition coefficient (Wildman–Crippen LogP) is 1.20. The van der Waals surface area contributed by atoms with Crippen LogP contribution in [0.3, 0.4) is 0 Å². The molecule has 1 N–H and O–H groups in total. The Hall–Kier alpha value is -0.360. The number of piperazine rings is 1. The van der Waals surface area contributed by atoms with E-state index in [0.29, 0.717) is 5.92 Å². The van der Waals surface area contributed by atoms with Gasteiger partial charge in [-0.2, -0.15) is 4.98 Å². The molecule has 3 rings (SSSR count). The molecule has 1 aliphatic carbocycles. The number of hydrogen-bond donors (Lipinski definition) is 1. The van der Waals surface area contributed by atoms with Crippen molar-refractivity contribution in [2.75, 3.05) is 26.2 Å². The Morgan fingerprint density at radius 3 is 2.59 bits per heavy atom. The van der Waals surface area contributed by atoms with Crippen molar-refractivity contribution in [2.45, 2.75) is 25.3 Å². The van der Waals surface area contributed by atoms with E-state index in [0.717, 1.165) is 44.4 Å². The van der Waals surface area contributed by atoms with Crippen LogP contribution in [0.25, 0.3) is 0 Å². The molecule has 1 aliphatic heterocycles. The van der Waals surface area contributed by atoms with Crippen LogP contribution in [-0.2, 0) is 6.54 Å². The summed E-state index contributed by atoms with van der Waals surface area (Å²) >= 11 is 0. The van der Waals surface area contributed by atoms with E-state index in [1.165, 1.54) is 12.8 Å². The number of nitrogens with one attached hydrogen (secondary N) is 1. The Morgan fingerprint density at radius 2 is 1.94 bits per heavy atom. The molecule has 7 heteroatoms. The molecular formula is C10H18Cl2N4O. The van der Waals surface area contributed by atoms with Crippen LogP contribution in [0.4, 0.5) is 0 Å². The van der Waals surface area contributed by atoms with Gasteiger partial charge in [-0.1, -0.05) is 5.16 Å². The number of halogens is 2. The topological polar surface area (TPSA) is 54.2 Å². The molecule has 2 heterocycles. The predicted molar refractivity (Wildman–Crippen MR) is 68.9 cm³/mol. The van der Waals surface area contributed by atoms with E-state index in [9.17, 15) is 0 Å². The molecule has 0 atom stereocenters. The SMILES string of the molecule is C1CN(Cc2noc(C3CC3)n2)CCN1.Cl.Cl. The maximum atomic E-state index is 5.23. The summed E-state index contributed by atoms with van der Waals surface area (Å²) < 4.78 is 5.23. The quantitative estimate of drug-likeness (QED) is 0.902. The second-order valence-corrected chi connectivity index (χ2v) is 4.35. The maximum absolute atomic E-state index is 5.23. The Morgan fingerprint density at radius 1 is 1.24 bits per heavy atom. The molecule has 0 unspecified atom stereocenters. The fourth-order valence-corrected chi connectivity index (χ4v) is 1.90. The van der Waals surface area contributed by atoms with Gasteiger partial charge in [0.15, 0.2) is 5.82 Å². The minimum absolute atomic E-state index is 0. The van der Waals surface area contributed by atoms with Gasteiger partial charge in [-0.15, -0.1) is 24.8 Å². The molecule has 0 radical (unpaired) electrons. The van der Waals surface area contributed by atoms with E-state index in [4.69, 9.17) is 4.52 Å². The zero-order valence-corrected chi connectivity index (χ0v) is 11.2. The Kier molecular flexibility index (Phi) is 5.66. The normalized spacial score (nSPS) is 20.5. The van der Waals surface area contributed by atoms with Crippen molar-refractivity contribution < 1.29 is 4.52 Å². The van der Waals surface area contributed by atoms with Crippen LogP contribution in [-0.4, -0.2) is 41.2 Å². The molecule has 0 aromatic carbocycles.